The molecule has 0 spiro atoms. The Balaban J connectivity index is 1.39. The Bertz CT molecular complexity index is 1110. The standard InChI is InChI=1S/C22H24N6O2S/c29-21-16-14-27(13-15-4-3-11-31-15)10-6-17(16)25-20(26-21)19-5-1-2-9-28(19)22(30)18-12-23-7-8-24-18/h3-4,7-8,11-12,19H,1-2,5-6,9-10,13-14H2,(H,25,26,29). The molecule has 1 saturated heterocycles. The molecular weight excluding hydrogens is 412 g/mol. The fraction of sp³-hybridized carbons (Fsp3) is 0.409. The van der Waals surface area contributed by atoms with Crippen molar-refractivity contribution >= 4 is 17.2 Å². The van der Waals surface area contributed by atoms with Gasteiger partial charge >= 0.3 is 0 Å². The number of nitrogens with one attached hydrogen (secondary N) is 1. The number of aromatic nitrogens is 4. The summed E-state index contributed by atoms with van der Waals surface area (Å²) in [5.41, 5.74) is 1.83. The van der Waals surface area contributed by atoms with Gasteiger partial charge in [-0.2, -0.15) is 0 Å². The lowest BCUT2D eigenvalue weighted by Crippen LogP contribution is -2.41. The van der Waals surface area contributed by atoms with E-state index in [-0.39, 0.29) is 17.5 Å². The van der Waals surface area contributed by atoms with E-state index in [0.29, 0.717) is 24.6 Å². The van der Waals surface area contributed by atoms with Crippen molar-refractivity contribution < 1.29 is 4.79 Å². The van der Waals surface area contributed by atoms with Crippen molar-refractivity contribution in [2.45, 2.75) is 44.8 Å². The summed E-state index contributed by atoms with van der Waals surface area (Å²) in [6.07, 6.45) is 7.99. The Morgan fingerprint density at radius 2 is 2.19 bits per heavy atom. The van der Waals surface area contributed by atoms with Gasteiger partial charge in [-0.1, -0.05) is 6.07 Å². The number of nitrogens with zero attached hydrogens (tertiary/aromatic N) is 5. The van der Waals surface area contributed by atoms with Crippen LogP contribution in [-0.4, -0.2) is 48.7 Å². The van der Waals surface area contributed by atoms with E-state index >= 15 is 0 Å². The smallest absolute Gasteiger partial charge is 0.274 e. The third kappa shape index (κ3) is 4.15. The molecule has 1 atom stereocenters. The van der Waals surface area contributed by atoms with E-state index in [4.69, 9.17) is 4.98 Å². The molecule has 1 N–H and O–H groups in total. The number of hydrogen-bond acceptors (Lipinski definition) is 7. The molecule has 0 radical (unpaired) electrons. The number of amides is 1. The minimum absolute atomic E-state index is 0.0895. The van der Waals surface area contributed by atoms with E-state index in [1.54, 1.807) is 22.4 Å². The van der Waals surface area contributed by atoms with E-state index in [2.05, 4.69) is 37.4 Å². The molecule has 1 amide bonds. The van der Waals surface area contributed by atoms with Crippen molar-refractivity contribution in [3.63, 3.8) is 0 Å². The SMILES string of the molecule is O=C(c1cnccn1)N1CCCCC1c1nc2c(c(=O)[nH]1)CN(Cc1cccs1)CC2. The van der Waals surface area contributed by atoms with Gasteiger partial charge in [0.05, 0.1) is 23.5 Å². The summed E-state index contributed by atoms with van der Waals surface area (Å²) in [5, 5.41) is 2.08. The second-order valence-electron chi connectivity index (χ2n) is 8.02. The largest absolute Gasteiger partial charge is 0.327 e. The van der Waals surface area contributed by atoms with Crippen LogP contribution in [0, 0.1) is 0 Å². The molecule has 5 heterocycles. The summed E-state index contributed by atoms with van der Waals surface area (Å²) in [4.78, 5) is 47.4. The first-order valence-electron chi connectivity index (χ1n) is 10.6. The number of likely N-dealkylation sites (tertiary alicyclic amines) is 1. The number of aromatic amines is 1. The third-order valence-electron chi connectivity index (χ3n) is 5.99. The Morgan fingerprint density at radius 3 is 3.00 bits per heavy atom. The van der Waals surface area contributed by atoms with Crippen LogP contribution >= 0.6 is 11.3 Å². The van der Waals surface area contributed by atoms with E-state index in [1.807, 2.05) is 0 Å². The fourth-order valence-corrected chi connectivity index (χ4v) is 5.18. The van der Waals surface area contributed by atoms with Gasteiger partial charge in [-0.25, -0.2) is 9.97 Å². The van der Waals surface area contributed by atoms with Crippen LogP contribution in [-0.2, 0) is 19.5 Å². The number of rotatable bonds is 4. The highest BCUT2D eigenvalue weighted by atomic mass is 32.1. The minimum Gasteiger partial charge on any atom is -0.327 e. The van der Waals surface area contributed by atoms with Gasteiger partial charge in [0.15, 0.2) is 0 Å². The zero-order chi connectivity index (χ0) is 21.2. The molecule has 9 heteroatoms. The van der Waals surface area contributed by atoms with Crippen LogP contribution in [0.25, 0.3) is 0 Å². The maximum Gasteiger partial charge on any atom is 0.274 e. The predicted molar refractivity (Wildman–Crippen MR) is 117 cm³/mol. The first kappa shape index (κ1) is 20.0. The van der Waals surface area contributed by atoms with Crippen molar-refractivity contribution in [3.8, 4) is 0 Å². The molecule has 1 unspecified atom stereocenters. The fourth-order valence-electron chi connectivity index (χ4n) is 4.43. The van der Waals surface area contributed by atoms with Gasteiger partial charge in [0.25, 0.3) is 11.5 Å². The van der Waals surface area contributed by atoms with Gasteiger partial charge in [0, 0.05) is 49.9 Å². The quantitative estimate of drug-likeness (QED) is 0.675. The molecule has 3 aromatic rings. The first-order valence-corrected chi connectivity index (χ1v) is 11.5. The number of fused-ring (bicyclic) bond motifs is 1. The van der Waals surface area contributed by atoms with Crippen LogP contribution in [0.1, 0.15) is 57.8 Å². The number of carbonyl (C=O) groups is 1. The summed E-state index contributed by atoms with van der Waals surface area (Å²) in [7, 11) is 0. The average Bonchev–Trinajstić information content (AvgIpc) is 3.32. The molecule has 8 nitrogen and oxygen atoms in total. The van der Waals surface area contributed by atoms with E-state index < -0.39 is 0 Å². The van der Waals surface area contributed by atoms with Crippen LogP contribution in [0.2, 0.25) is 0 Å². The van der Waals surface area contributed by atoms with E-state index in [1.165, 1.54) is 17.3 Å². The number of carbonyl (C=O) groups excluding carboxylic acids is 1. The number of hydrogen-bond donors (Lipinski definition) is 1. The van der Waals surface area contributed by atoms with Crippen molar-refractivity contribution in [3.05, 3.63) is 74.1 Å². The summed E-state index contributed by atoms with van der Waals surface area (Å²) in [5.74, 6) is 0.424. The number of thiophene rings is 1. The summed E-state index contributed by atoms with van der Waals surface area (Å²) < 4.78 is 0. The van der Waals surface area contributed by atoms with Crippen LogP contribution < -0.4 is 5.56 Å². The second kappa shape index (κ2) is 8.68. The van der Waals surface area contributed by atoms with E-state index in [0.717, 1.165) is 50.0 Å². The molecule has 0 bridgehead atoms. The van der Waals surface area contributed by atoms with Crippen LogP contribution in [0.3, 0.4) is 0 Å². The molecular formula is C22H24N6O2S. The lowest BCUT2D eigenvalue weighted by molar-refractivity contribution is 0.0592. The molecule has 0 aromatic carbocycles. The second-order valence-corrected chi connectivity index (χ2v) is 9.05. The maximum absolute atomic E-state index is 13.0. The van der Waals surface area contributed by atoms with Crippen molar-refractivity contribution in [1.82, 2.24) is 29.7 Å². The summed E-state index contributed by atoms with van der Waals surface area (Å²) >= 11 is 1.73. The molecule has 3 aromatic heterocycles. The van der Waals surface area contributed by atoms with Gasteiger partial charge in [0.1, 0.15) is 11.5 Å². The summed E-state index contributed by atoms with van der Waals surface area (Å²) in [6.45, 7) is 2.94. The third-order valence-corrected chi connectivity index (χ3v) is 6.85. The minimum atomic E-state index is -0.245. The van der Waals surface area contributed by atoms with Gasteiger partial charge in [-0.15, -0.1) is 11.3 Å². The van der Waals surface area contributed by atoms with E-state index in [9.17, 15) is 9.59 Å². The molecule has 160 valence electrons. The Kier molecular flexibility index (Phi) is 5.61. The average molecular weight is 437 g/mol. The van der Waals surface area contributed by atoms with Crippen LogP contribution in [0.5, 0.6) is 0 Å². The summed E-state index contributed by atoms with van der Waals surface area (Å²) in [6, 6.07) is 3.93. The Hall–Kier alpha value is -2.91. The van der Waals surface area contributed by atoms with Gasteiger partial charge < -0.3 is 9.88 Å². The van der Waals surface area contributed by atoms with Crippen molar-refractivity contribution in [2.75, 3.05) is 13.1 Å². The highest BCUT2D eigenvalue weighted by molar-refractivity contribution is 7.09. The zero-order valence-electron chi connectivity index (χ0n) is 17.2. The van der Waals surface area contributed by atoms with Gasteiger partial charge in [-0.05, 0) is 30.7 Å². The molecule has 2 aliphatic heterocycles. The van der Waals surface area contributed by atoms with Crippen molar-refractivity contribution in [1.29, 1.82) is 0 Å². The number of H-pyrrole nitrogens is 1. The van der Waals surface area contributed by atoms with Gasteiger partial charge in [-0.3, -0.25) is 19.5 Å². The molecule has 0 aliphatic carbocycles. The molecule has 2 aliphatic rings. The van der Waals surface area contributed by atoms with Gasteiger partial charge in [0.2, 0.25) is 0 Å². The lowest BCUT2D eigenvalue weighted by atomic mass is 9.99. The maximum atomic E-state index is 13.0. The topological polar surface area (TPSA) is 95.1 Å². The molecule has 0 saturated carbocycles. The van der Waals surface area contributed by atoms with Crippen molar-refractivity contribution in [2.24, 2.45) is 0 Å². The lowest BCUT2D eigenvalue weighted by Gasteiger charge is -2.35. The molecule has 31 heavy (non-hydrogen) atoms. The normalized spacial score (nSPS) is 19.2. The predicted octanol–water partition coefficient (Wildman–Crippen LogP) is 2.55. The molecule has 1 fully saturated rings. The highest BCUT2D eigenvalue weighted by Crippen LogP contribution is 2.30. The number of piperidine rings is 1. The first-order chi connectivity index (χ1) is 15.2. The Morgan fingerprint density at radius 1 is 1.26 bits per heavy atom. The van der Waals surface area contributed by atoms with Crippen LogP contribution in [0.15, 0.2) is 40.9 Å². The van der Waals surface area contributed by atoms with Crippen LogP contribution in [0.4, 0.5) is 0 Å². The Labute approximate surface area is 184 Å². The monoisotopic (exact) mass is 436 g/mol. The highest BCUT2D eigenvalue weighted by Gasteiger charge is 2.32. The zero-order valence-corrected chi connectivity index (χ0v) is 18.0. The molecule has 5 rings (SSSR count).